The summed E-state index contributed by atoms with van der Waals surface area (Å²) in [4.78, 5) is 4.91. The Hall–Kier alpha value is -1.13. The van der Waals surface area contributed by atoms with Crippen LogP contribution in [0.4, 0.5) is 10.1 Å². The summed E-state index contributed by atoms with van der Waals surface area (Å²) in [5.41, 5.74) is 7.12. The van der Waals surface area contributed by atoms with E-state index in [9.17, 15) is 4.39 Å². The van der Waals surface area contributed by atoms with Gasteiger partial charge in [0, 0.05) is 44.0 Å². The van der Waals surface area contributed by atoms with Crippen molar-refractivity contribution in [2.75, 3.05) is 31.1 Å². The molecule has 0 bridgehead atoms. The van der Waals surface area contributed by atoms with E-state index in [2.05, 4.69) is 9.80 Å². The van der Waals surface area contributed by atoms with Crippen LogP contribution in [-0.2, 0) is 0 Å². The number of nitrogens with zero attached hydrogens (tertiary/aromatic N) is 2. The smallest absolute Gasteiger partial charge is 0.123 e. The van der Waals surface area contributed by atoms with Gasteiger partial charge in [0.15, 0.2) is 0 Å². The Morgan fingerprint density at radius 1 is 1.00 bits per heavy atom. The number of piperazine rings is 1. The van der Waals surface area contributed by atoms with Crippen LogP contribution in [0.1, 0.15) is 19.3 Å². The molecule has 3 nitrogen and oxygen atoms in total. The van der Waals surface area contributed by atoms with Crippen LogP contribution in [-0.4, -0.2) is 43.2 Å². The Morgan fingerprint density at radius 3 is 2.26 bits per heavy atom. The molecule has 0 amide bonds. The fourth-order valence-corrected chi connectivity index (χ4v) is 3.32. The molecule has 1 aliphatic heterocycles. The Bertz CT molecular complexity index is 412. The molecule has 3 rings (SSSR count). The highest BCUT2D eigenvalue weighted by Gasteiger charge is 2.29. The monoisotopic (exact) mass is 263 g/mol. The molecule has 104 valence electrons. The van der Waals surface area contributed by atoms with Gasteiger partial charge in [0.2, 0.25) is 0 Å². The maximum Gasteiger partial charge on any atom is 0.123 e. The van der Waals surface area contributed by atoms with Gasteiger partial charge in [0.1, 0.15) is 5.82 Å². The van der Waals surface area contributed by atoms with Gasteiger partial charge in [-0.3, -0.25) is 4.90 Å². The largest absolute Gasteiger partial charge is 0.369 e. The second-order valence-electron chi connectivity index (χ2n) is 5.73. The van der Waals surface area contributed by atoms with E-state index in [4.69, 9.17) is 5.73 Å². The average Bonchev–Trinajstić information content (AvgIpc) is 2.87. The molecule has 1 aliphatic carbocycles. The van der Waals surface area contributed by atoms with Gasteiger partial charge >= 0.3 is 0 Å². The Balaban J connectivity index is 1.56. The molecule has 19 heavy (non-hydrogen) atoms. The Kier molecular flexibility index (Phi) is 3.71. The van der Waals surface area contributed by atoms with Crippen molar-refractivity contribution in [3.05, 3.63) is 30.1 Å². The van der Waals surface area contributed by atoms with Gasteiger partial charge in [0.05, 0.1) is 0 Å². The van der Waals surface area contributed by atoms with Gasteiger partial charge in [-0.1, -0.05) is 0 Å². The molecule has 0 radical (unpaired) electrons. The van der Waals surface area contributed by atoms with Crippen molar-refractivity contribution >= 4 is 5.69 Å². The number of nitrogens with two attached hydrogens (primary N) is 1. The van der Waals surface area contributed by atoms with Crippen LogP contribution in [0.5, 0.6) is 0 Å². The topological polar surface area (TPSA) is 32.5 Å². The molecule has 2 unspecified atom stereocenters. The van der Waals surface area contributed by atoms with Crippen molar-refractivity contribution in [3.63, 3.8) is 0 Å². The van der Waals surface area contributed by atoms with E-state index in [1.165, 1.54) is 25.0 Å². The van der Waals surface area contributed by atoms with Crippen molar-refractivity contribution in [2.45, 2.75) is 31.3 Å². The van der Waals surface area contributed by atoms with Gasteiger partial charge in [-0.2, -0.15) is 0 Å². The summed E-state index contributed by atoms with van der Waals surface area (Å²) >= 11 is 0. The first-order valence-electron chi connectivity index (χ1n) is 7.22. The molecular formula is C15H22FN3. The quantitative estimate of drug-likeness (QED) is 0.883. The van der Waals surface area contributed by atoms with Crippen LogP contribution >= 0.6 is 0 Å². The van der Waals surface area contributed by atoms with Crippen molar-refractivity contribution in [1.82, 2.24) is 4.90 Å². The predicted molar refractivity (Wildman–Crippen MR) is 75.8 cm³/mol. The molecular weight excluding hydrogens is 241 g/mol. The zero-order valence-corrected chi connectivity index (χ0v) is 11.3. The molecule has 2 N–H and O–H groups in total. The summed E-state index contributed by atoms with van der Waals surface area (Å²) < 4.78 is 12.9. The maximum absolute atomic E-state index is 12.9. The zero-order valence-electron chi connectivity index (χ0n) is 11.3. The van der Waals surface area contributed by atoms with Crippen LogP contribution in [0.15, 0.2) is 24.3 Å². The molecule has 0 aromatic heterocycles. The third kappa shape index (κ3) is 2.90. The molecule has 1 aromatic carbocycles. The SMILES string of the molecule is NC1CCC(N2CCN(c3ccc(F)cc3)CC2)C1. The van der Waals surface area contributed by atoms with E-state index in [1.807, 2.05) is 12.1 Å². The fourth-order valence-electron chi connectivity index (χ4n) is 3.32. The molecule has 1 heterocycles. The lowest BCUT2D eigenvalue weighted by molar-refractivity contribution is 0.186. The van der Waals surface area contributed by atoms with Gasteiger partial charge in [-0.15, -0.1) is 0 Å². The van der Waals surface area contributed by atoms with E-state index in [0.29, 0.717) is 12.1 Å². The molecule has 4 heteroatoms. The molecule has 1 saturated heterocycles. The first kappa shape index (κ1) is 12.9. The summed E-state index contributed by atoms with van der Waals surface area (Å²) in [6, 6.07) is 7.91. The van der Waals surface area contributed by atoms with E-state index < -0.39 is 0 Å². The van der Waals surface area contributed by atoms with Gasteiger partial charge in [-0.05, 0) is 43.5 Å². The number of benzene rings is 1. The van der Waals surface area contributed by atoms with Gasteiger partial charge in [0.25, 0.3) is 0 Å². The standard InChI is InChI=1S/C15H22FN3/c16-12-1-4-14(5-2-12)18-7-9-19(10-8-18)15-6-3-13(17)11-15/h1-2,4-5,13,15H,3,6-11,17H2. The van der Waals surface area contributed by atoms with Gasteiger partial charge < -0.3 is 10.6 Å². The molecule has 2 fully saturated rings. The number of halogens is 1. The number of rotatable bonds is 2. The highest BCUT2D eigenvalue weighted by molar-refractivity contribution is 5.46. The number of anilines is 1. The summed E-state index contributed by atoms with van der Waals surface area (Å²) in [6.07, 6.45) is 3.57. The van der Waals surface area contributed by atoms with Crippen LogP contribution < -0.4 is 10.6 Å². The predicted octanol–water partition coefficient (Wildman–Crippen LogP) is 1.83. The highest BCUT2D eigenvalue weighted by atomic mass is 19.1. The summed E-state index contributed by atoms with van der Waals surface area (Å²) in [6.45, 7) is 4.23. The Labute approximate surface area is 114 Å². The van der Waals surface area contributed by atoms with Crippen LogP contribution in [0, 0.1) is 5.82 Å². The normalized spacial score (nSPS) is 28.8. The van der Waals surface area contributed by atoms with E-state index in [-0.39, 0.29) is 5.82 Å². The maximum atomic E-state index is 12.9. The third-order valence-electron chi connectivity index (χ3n) is 4.47. The van der Waals surface area contributed by atoms with Crippen molar-refractivity contribution in [3.8, 4) is 0 Å². The highest BCUT2D eigenvalue weighted by Crippen LogP contribution is 2.25. The zero-order chi connectivity index (χ0) is 13.2. The lowest BCUT2D eigenvalue weighted by atomic mass is 10.1. The molecule has 1 saturated carbocycles. The first-order valence-corrected chi connectivity index (χ1v) is 7.22. The summed E-state index contributed by atoms with van der Waals surface area (Å²) in [5.74, 6) is -0.165. The van der Waals surface area contributed by atoms with Crippen LogP contribution in [0.2, 0.25) is 0 Å². The van der Waals surface area contributed by atoms with Crippen LogP contribution in [0.25, 0.3) is 0 Å². The lowest BCUT2D eigenvalue weighted by Crippen LogP contribution is -2.50. The minimum atomic E-state index is -0.165. The second-order valence-corrected chi connectivity index (χ2v) is 5.73. The van der Waals surface area contributed by atoms with E-state index in [1.54, 1.807) is 0 Å². The van der Waals surface area contributed by atoms with Crippen molar-refractivity contribution in [1.29, 1.82) is 0 Å². The molecule has 0 spiro atoms. The third-order valence-corrected chi connectivity index (χ3v) is 4.47. The number of hydrogen-bond donors (Lipinski definition) is 1. The van der Waals surface area contributed by atoms with Crippen molar-refractivity contribution < 1.29 is 4.39 Å². The molecule has 2 aliphatic rings. The second kappa shape index (κ2) is 5.47. The van der Waals surface area contributed by atoms with Crippen molar-refractivity contribution in [2.24, 2.45) is 5.73 Å². The molecule has 2 atom stereocenters. The first-order chi connectivity index (χ1) is 9.22. The summed E-state index contributed by atoms with van der Waals surface area (Å²) in [7, 11) is 0. The average molecular weight is 263 g/mol. The van der Waals surface area contributed by atoms with Gasteiger partial charge in [-0.25, -0.2) is 4.39 Å². The van der Waals surface area contributed by atoms with E-state index >= 15 is 0 Å². The number of hydrogen-bond acceptors (Lipinski definition) is 3. The lowest BCUT2D eigenvalue weighted by Gasteiger charge is -2.39. The van der Waals surface area contributed by atoms with Crippen LogP contribution in [0.3, 0.4) is 0 Å². The Morgan fingerprint density at radius 2 is 1.68 bits per heavy atom. The minimum Gasteiger partial charge on any atom is -0.369 e. The van der Waals surface area contributed by atoms with E-state index in [0.717, 1.165) is 38.3 Å². The summed E-state index contributed by atoms with van der Waals surface area (Å²) in [5, 5.41) is 0. The fraction of sp³-hybridized carbons (Fsp3) is 0.600. The minimum absolute atomic E-state index is 0.165. The molecule has 1 aromatic rings.